The molecule has 0 spiro atoms. The summed E-state index contributed by atoms with van der Waals surface area (Å²) in [7, 11) is -1.50. The molecule has 0 aromatic heterocycles. The Morgan fingerprint density at radius 3 is 2.30 bits per heavy atom. The van der Waals surface area contributed by atoms with Crippen molar-refractivity contribution >= 4 is 7.60 Å². The maximum absolute atomic E-state index is 12.5. The molecule has 0 saturated heterocycles. The maximum atomic E-state index is 12.5. The number of rotatable bonds is 10. The minimum Gasteiger partial charge on any atom is -0.491 e. The van der Waals surface area contributed by atoms with Crippen LogP contribution in [-0.4, -0.2) is 33.5 Å². The predicted octanol–water partition coefficient (Wildman–Crippen LogP) is 3.48. The number of benzene rings is 1. The topological polar surface area (TPSA) is 54.0 Å². The van der Waals surface area contributed by atoms with Crippen LogP contribution in [0.15, 0.2) is 24.3 Å². The van der Waals surface area contributed by atoms with Gasteiger partial charge >= 0.3 is 7.60 Å². The van der Waals surface area contributed by atoms with E-state index in [1.807, 2.05) is 24.3 Å². The zero-order chi connectivity index (χ0) is 14.8. The zero-order valence-corrected chi connectivity index (χ0v) is 13.2. The summed E-state index contributed by atoms with van der Waals surface area (Å²) >= 11 is 0. The van der Waals surface area contributed by atoms with Crippen molar-refractivity contribution in [2.24, 2.45) is 0 Å². The molecular formula is C14H23O5P. The molecule has 0 aliphatic rings. The van der Waals surface area contributed by atoms with E-state index in [2.05, 4.69) is 0 Å². The smallest absolute Gasteiger partial charge is 0.335 e. The zero-order valence-electron chi connectivity index (χ0n) is 12.3. The van der Waals surface area contributed by atoms with E-state index >= 15 is 0 Å². The van der Waals surface area contributed by atoms with E-state index in [-0.39, 0.29) is 6.16 Å². The second-order valence-corrected chi connectivity index (χ2v) is 6.11. The third kappa shape index (κ3) is 5.63. The first-order chi connectivity index (χ1) is 9.65. The Labute approximate surface area is 120 Å². The van der Waals surface area contributed by atoms with Crippen molar-refractivity contribution in [3.8, 4) is 5.75 Å². The summed E-state index contributed by atoms with van der Waals surface area (Å²) in [6.07, 6.45) is 0.206. The summed E-state index contributed by atoms with van der Waals surface area (Å²) in [6, 6.07) is 7.46. The SMILES string of the molecule is CCOP(=O)(Cc1ccccc1OCCOC)OCC. The summed E-state index contributed by atoms with van der Waals surface area (Å²) in [6.45, 7) is 5.25. The predicted molar refractivity (Wildman–Crippen MR) is 78.4 cm³/mol. The van der Waals surface area contributed by atoms with Crippen LogP contribution in [0.4, 0.5) is 0 Å². The Morgan fingerprint density at radius 1 is 1.05 bits per heavy atom. The van der Waals surface area contributed by atoms with Crippen molar-refractivity contribution in [2.75, 3.05) is 33.5 Å². The van der Waals surface area contributed by atoms with Crippen LogP contribution in [0.1, 0.15) is 19.4 Å². The molecule has 0 aliphatic heterocycles. The molecule has 0 heterocycles. The van der Waals surface area contributed by atoms with Crippen molar-refractivity contribution < 1.29 is 23.1 Å². The molecule has 0 bridgehead atoms. The van der Waals surface area contributed by atoms with Crippen LogP contribution in [0.2, 0.25) is 0 Å². The van der Waals surface area contributed by atoms with Gasteiger partial charge in [0, 0.05) is 12.7 Å². The second kappa shape index (κ2) is 9.14. The quantitative estimate of drug-likeness (QED) is 0.489. The Balaban J connectivity index is 2.81. The van der Waals surface area contributed by atoms with Crippen LogP contribution in [0.3, 0.4) is 0 Å². The second-order valence-electron chi connectivity index (χ2n) is 4.05. The maximum Gasteiger partial charge on any atom is 0.335 e. The highest BCUT2D eigenvalue weighted by Crippen LogP contribution is 2.52. The number of hydrogen-bond acceptors (Lipinski definition) is 5. The normalized spacial score (nSPS) is 11.6. The molecule has 0 N–H and O–H groups in total. The van der Waals surface area contributed by atoms with Crippen LogP contribution in [0.5, 0.6) is 5.75 Å². The standard InChI is InChI=1S/C14H23O5P/c1-4-18-20(15,19-5-2)12-13-8-6-7-9-14(13)17-11-10-16-3/h6-9H,4-5,10-12H2,1-3H3. The van der Waals surface area contributed by atoms with Gasteiger partial charge in [-0.25, -0.2) is 0 Å². The summed E-state index contributed by atoms with van der Waals surface area (Å²) in [5.41, 5.74) is 0.814. The molecule has 0 saturated carbocycles. The lowest BCUT2D eigenvalue weighted by atomic mass is 10.2. The third-order valence-electron chi connectivity index (χ3n) is 2.53. The summed E-state index contributed by atoms with van der Waals surface area (Å²) in [5.74, 6) is 0.684. The molecule has 5 nitrogen and oxygen atoms in total. The van der Waals surface area contributed by atoms with Gasteiger partial charge in [-0.1, -0.05) is 18.2 Å². The number of para-hydroxylation sites is 1. The summed E-state index contributed by atoms with van der Waals surface area (Å²) in [4.78, 5) is 0. The molecule has 20 heavy (non-hydrogen) atoms. The van der Waals surface area contributed by atoms with Gasteiger partial charge in [-0.05, 0) is 19.9 Å². The minimum absolute atomic E-state index is 0.206. The lowest BCUT2D eigenvalue weighted by Gasteiger charge is -2.18. The fraction of sp³-hybridized carbons (Fsp3) is 0.571. The molecule has 114 valence electrons. The molecule has 1 rings (SSSR count). The van der Waals surface area contributed by atoms with Crippen molar-refractivity contribution in [3.63, 3.8) is 0 Å². The van der Waals surface area contributed by atoms with Gasteiger partial charge in [0.1, 0.15) is 12.4 Å². The van der Waals surface area contributed by atoms with Gasteiger partial charge in [0.2, 0.25) is 0 Å². The van der Waals surface area contributed by atoms with Gasteiger partial charge in [-0.15, -0.1) is 0 Å². The van der Waals surface area contributed by atoms with Crippen molar-refractivity contribution in [1.82, 2.24) is 0 Å². The van der Waals surface area contributed by atoms with Gasteiger partial charge in [-0.3, -0.25) is 4.57 Å². The van der Waals surface area contributed by atoms with Crippen LogP contribution in [0.25, 0.3) is 0 Å². The van der Waals surface area contributed by atoms with Gasteiger partial charge in [0.15, 0.2) is 0 Å². The van der Waals surface area contributed by atoms with E-state index < -0.39 is 7.60 Å². The molecule has 0 fully saturated rings. The highest BCUT2D eigenvalue weighted by atomic mass is 31.2. The lowest BCUT2D eigenvalue weighted by Crippen LogP contribution is -2.07. The van der Waals surface area contributed by atoms with Gasteiger partial charge < -0.3 is 18.5 Å². The Hall–Kier alpha value is -0.870. The highest BCUT2D eigenvalue weighted by Gasteiger charge is 2.25. The largest absolute Gasteiger partial charge is 0.491 e. The van der Waals surface area contributed by atoms with Crippen LogP contribution < -0.4 is 4.74 Å². The molecule has 0 amide bonds. The monoisotopic (exact) mass is 302 g/mol. The summed E-state index contributed by atoms with van der Waals surface area (Å²) in [5, 5.41) is 0. The third-order valence-corrected chi connectivity index (χ3v) is 4.56. The van der Waals surface area contributed by atoms with E-state index in [1.54, 1.807) is 21.0 Å². The summed E-state index contributed by atoms with van der Waals surface area (Å²) < 4.78 is 33.7. The van der Waals surface area contributed by atoms with Crippen LogP contribution in [-0.2, 0) is 24.5 Å². The van der Waals surface area contributed by atoms with Gasteiger partial charge in [-0.2, -0.15) is 0 Å². The van der Waals surface area contributed by atoms with E-state index in [0.717, 1.165) is 5.56 Å². The number of hydrogen-bond donors (Lipinski definition) is 0. The van der Waals surface area contributed by atoms with Crippen molar-refractivity contribution in [2.45, 2.75) is 20.0 Å². The molecule has 0 unspecified atom stereocenters. The Bertz CT molecular complexity index is 425. The average molecular weight is 302 g/mol. The number of methoxy groups -OCH3 is 1. The van der Waals surface area contributed by atoms with Crippen LogP contribution >= 0.6 is 7.60 Å². The first-order valence-electron chi connectivity index (χ1n) is 6.73. The molecule has 0 aliphatic carbocycles. The highest BCUT2D eigenvalue weighted by molar-refractivity contribution is 7.53. The van der Waals surface area contributed by atoms with Gasteiger partial charge in [0.05, 0.1) is 26.0 Å². The molecule has 0 radical (unpaired) electrons. The van der Waals surface area contributed by atoms with Crippen molar-refractivity contribution in [3.05, 3.63) is 29.8 Å². The minimum atomic E-state index is -3.12. The lowest BCUT2D eigenvalue weighted by molar-refractivity contribution is 0.145. The Kier molecular flexibility index (Phi) is 7.85. The van der Waals surface area contributed by atoms with E-state index in [0.29, 0.717) is 32.2 Å². The molecule has 1 aromatic rings. The fourth-order valence-corrected chi connectivity index (χ4v) is 3.46. The Morgan fingerprint density at radius 2 is 1.70 bits per heavy atom. The van der Waals surface area contributed by atoms with Gasteiger partial charge in [0.25, 0.3) is 0 Å². The van der Waals surface area contributed by atoms with E-state index in [1.165, 1.54) is 0 Å². The van der Waals surface area contributed by atoms with Crippen molar-refractivity contribution in [1.29, 1.82) is 0 Å². The van der Waals surface area contributed by atoms with Crippen LogP contribution in [0, 0.1) is 0 Å². The number of ether oxygens (including phenoxy) is 2. The van der Waals surface area contributed by atoms with E-state index in [4.69, 9.17) is 18.5 Å². The molecule has 0 atom stereocenters. The molecule has 6 heteroatoms. The van der Waals surface area contributed by atoms with E-state index in [9.17, 15) is 4.57 Å². The fourth-order valence-electron chi connectivity index (χ4n) is 1.74. The first kappa shape index (κ1) is 17.2. The molecule has 1 aromatic carbocycles. The molecular weight excluding hydrogens is 279 g/mol. The average Bonchev–Trinajstić information content (AvgIpc) is 2.41. The first-order valence-corrected chi connectivity index (χ1v) is 8.45.